The van der Waals surface area contributed by atoms with Crippen LogP contribution in [0.5, 0.6) is 0 Å². The van der Waals surface area contributed by atoms with Crippen LogP contribution in [0.2, 0.25) is 0 Å². The first-order valence-corrected chi connectivity index (χ1v) is 4.12. The molecule has 0 spiro atoms. The summed E-state index contributed by atoms with van der Waals surface area (Å²) in [6.45, 7) is 0. The molecule has 6 heteroatoms. The second-order valence-electron chi connectivity index (χ2n) is 2.65. The Kier molecular flexibility index (Phi) is 3.14. The van der Waals surface area contributed by atoms with Crippen LogP contribution < -0.4 is 0 Å². The summed E-state index contributed by atoms with van der Waals surface area (Å²) in [6.07, 6.45) is -4.68. The summed E-state index contributed by atoms with van der Waals surface area (Å²) in [6, 6.07) is 3.97. The smallest absolute Gasteiger partial charge is 0.284 e. The van der Waals surface area contributed by atoms with E-state index in [2.05, 4.69) is 0 Å². The molecule has 1 rings (SSSR count). The van der Waals surface area contributed by atoms with Gasteiger partial charge < -0.3 is 0 Å². The van der Waals surface area contributed by atoms with Gasteiger partial charge in [0.15, 0.2) is 0 Å². The quantitative estimate of drug-likeness (QED) is 0.449. The predicted octanol–water partition coefficient (Wildman–Crippen LogP) is 2.65. The Balaban J connectivity index is 3.31. The van der Waals surface area contributed by atoms with Gasteiger partial charge in [-0.2, -0.15) is 13.2 Å². The van der Waals surface area contributed by atoms with E-state index in [1.807, 2.05) is 0 Å². The Morgan fingerprint density at radius 3 is 2.13 bits per heavy atom. The number of hydrogen-bond acceptors (Lipinski definition) is 2. The zero-order valence-corrected chi connectivity index (χ0v) is 7.89. The average molecular weight is 237 g/mol. The van der Waals surface area contributed by atoms with Crippen LogP contribution in [0.4, 0.5) is 13.2 Å². The normalized spacial score (nSPS) is 11.2. The number of ketones is 1. The van der Waals surface area contributed by atoms with Gasteiger partial charge in [-0.15, -0.1) is 0 Å². The topological polar surface area (TPSA) is 34.1 Å². The van der Waals surface area contributed by atoms with Gasteiger partial charge in [0.05, 0.1) is 5.56 Å². The number of alkyl halides is 3. The van der Waals surface area contributed by atoms with Crippen LogP contribution in [0.15, 0.2) is 24.3 Å². The maximum atomic E-state index is 12.4. The van der Waals surface area contributed by atoms with Gasteiger partial charge >= 0.3 is 6.18 Å². The molecule has 0 saturated carbocycles. The number of hydrogen-bond donors (Lipinski definition) is 0. The van der Waals surface area contributed by atoms with Crippen LogP contribution in [0.3, 0.4) is 0 Å². The minimum absolute atomic E-state index is 0.715. The largest absolute Gasteiger partial charge is 0.417 e. The molecule has 0 amide bonds. The molecular formula is C9H4ClF3O2. The van der Waals surface area contributed by atoms with Gasteiger partial charge in [0, 0.05) is 5.56 Å². The number of carbonyl (C=O) groups is 2. The fraction of sp³-hybridized carbons (Fsp3) is 0.111. The fourth-order valence-electron chi connectivity index (χ4n) is 1.03. The van der Waals surface area contributed by atoms with E-state index in [9.17, 15) is 22.8 Å². The van der Waals surface area contributed by atoms with E-state index in [0.717, 1.165) is 12.1 Å². The van der Waals surface area contributed by atoms with Crippen molar-refractivity contribution >= 4 is 22.6 Å². The maximum Gasteiger partial charge on any atom is 0.417 e. The molecule has 1 aromatic carbocycles. The molecule has 0 fully saturated rings. The van der Waals surface area contributed by atoms with Crippen molar-refractivity contribution in [1.82, 2.24) is 0 Å². The number of carbonyl (C=O) groups excluding carboxylic acids is 2. The van der Waals surface area contributed by atoms with E-state index in [4.69, 9.17) is 11.6 Å². The first-order valence-electron chi connectivity index (χ1n) is 3.74. The van der Waals surface area contributed by atoms with Crippen molar-refractivity contribution in [1.29, 1.82) is 0 Å². The molecule has 0 aromatic heterocycles. The van der Waals surface area contributed by atoms with Gasteiger partial charge in [-0.3, -0.25) is 9.59 Å². The minimum atomic E-state index is -4.68. The minimum Gasteiger partial charge on any atom is -0.284 e. The van der Waals surface area contributed by atoms with Crippen LogP contribution in [0, 0.1) is 0 Å². The third kappa shape index (κ3) is 2.56. The highest BCUT2D eigenvalue weighted by Crippen LogP contribution is 2.32. The van der Waals surface area contributed by atoms with Crippen molar-refractivity contribution < 1.29 is 22.8 Å². The van der Waals surface area contributed by atoms with Crippen molar-refractivity contribution in [3.63, 3.8) is 0 Å². The highest BCUT2D eigenvalue weighted by Gasteiger charge is 2.35. The lowest BCUT2D eigenvalue weighted by Gasteiger charge is -2.09. The SMILES string of the molecule is O=C(Cl)C(=O)c1ccccc1C(F)(F)F. The zero-order chi connectivity index (χ0) is 11.6. The van der Waals surface area contributed by atoms with Crippen LogP contribution in [-0.2, 0) is 11.0 Å². The van der Waals surface area contributed by atoms with Crippen LogP contribution in [-0.4, -0.2) is 11.0 Å². The maximum absolute atomic E-state index is 12.4. The third-order valence-corrected chi connectivity index (χ3v) is 1.83. The molecule has 15 heavy (non-hydrogen) atoms. The van der Waals surface area contributed by atoms with E-state index in [1.165, 1.54) is 6.07 Å². The van der Waals surface area contributed by atoms with E-state index in [0.29, 0.717) is 6.07 Å². The highest BCUT2D eigenvalue weighted by atomic mass is 35.5. The molecule has 80 valence electrons. The van der Waals surface area contributed by atoms with Gasteiger partial charge in [-0.25, -0.2) is 0 Å². The monoisotopic (exact) mass is 236 g/mol. The third-order valence-electron chi connectivity index (χ3n) is 1.66. The van der Waals surface area contributed by atoms with Crippen LogP contribution in [0.25, 0.3) is 0 Å². The first-order chi connectivity index (χ1) is 6.84. The number of benzene rings is 1. The number of rotatable bonds is 2. The first kappa shape index (κ1) is 11.7. The standard InChI is InChI=1S/C9H4ClF3O2/c10-8(15)7(14)5-3-1-2-4-6(5)9(11,12)13/h1-4H. The lowest BCUT2D eigenvalue weighted by molar-refractivity contribution is -0.137. The van der Waals surface area contributed by atoms with E-state index in [1.54, 1.807) is 0 Å². The molecule has 0 atom stereocenters. The van der Waals surface area contributed by atoms with E-state index < -0.39 is 28.3 Å². The van der Waals surface area contributed by atoms with Crippen LogP contribution >= 0.6 is 11.6 Å². The van der Waals surface area contributed by atoms with Crippen molar-refractivity contribution in [2.24, 2.45) is 0 Å². The molecule has 0 radical (unpaired) electrons. The van der Waals surface area contributed by atoms with Crippen LogP contribution in [0.1, 0.15) is 15.9 Å². The second-order valence-corrected chi connectivity index (χ2v) is 2.99. The summed E-state index contributed by atoms with van der Waals surface area (Å²) < 4.78 is 37.1. The van der Waals surface area contributed by atoms with Crippen molar-refractivity contribution in [3.05, 3.63) is 35.4 Å². The summed E-state index contributed by atoms with van der Waals surface area (Å²) in [5.41, 5.74) is -1.89. The van der Waals surface area contributed by atoms with Crippen molar-refractivity contribution in [3.8, 4) is 0 Å². The Bertz CT molecular complexity index is 412. The molecule has 0 heterocycles. The molecule has 0 aliphatic carbocycles. The van der Waals surface area contributed by atoms with Gasteiger partial charge in [0.25, 0.3) is 5.24 Å². The molecule has 0 unspecified atom stereocenters. The zero-order valence-electron chi connectivity index (χ0n) is 7.14. The molecule has 0 aliphatic heterocycles. The van der Waals surface area contributed by atoms with Crippen molar-refractivity contribution in [2.75, 3.05) is 0 Å². The summed E-state index contributed by atoms with van der Waals surface area (Å²) in [4.78, 5) is 21.5. The van der Waals surface area contributed by atoms with E-state index >= 15 is 0 Å². The molecule has 2 nitrogen and oxygen atoms in total. The van der Waals surface area contributed by atoms with E-state index in [-0.39, 0.29) is 0 Å². The van der Waals surface area contributed by atoms with Crippen molar-refractivity contribution in [2.45, 2.75) is 6.18 Å². The predicted molar refractivity (Wildman–Crippen MR) is 46.6 cm³/mol. The Morgan fingerprint density at radius 2 is 1.67 bits per heavy atom. The van der Waals surface area contributed by atoms with Gasteiger partial charge in [-0.1, -0.05) is 18.2 Å². The van der Waals surface area contributed by atoms with Gasteiger partial charge in [-0.05, 0) is 17.7 Å². The highest BCUT2D eigenvalue weighted by molar-refractivity contribution is 6.83. The lowest BCUT2D eigenvalue weighted by atomic mass is 10.0. The number of Topliss-reactive ketones (excluding diaryl/α,β-unsaturated/α-hetero) is 1. The summed E-state index contributed by atoms with van der Waals surface area (Å²) in [5, 5.41) is -1.44. The Labute approximate surface area is 87.6 Å². The molecule has 1 aromatic rings. The Hall–Kier alpha value is -1.36. The number of halogens is 4. The van der Waals surface area contributed by atoms with Gasteiger partial charge in [0.1, 0.15) is 0 Å². The molecule has 0 aliphatic rings. The van der Waals surface area contributed by atoms with Gasteiger partial charge in [0.2, 0.25) is 5.78 Å². The second kappa shape index (κ2) is 4.02. The molecule has 0 saturated heterocycles. The molecule has 0 N–H and O–H groups in total. The summed E-state index contributed by atoms with van der Waals surface area (Å²) in [5.74, 6) is -1.36. The fourth-order valence-corrected chi connectivity index (χ4v) is 1.14. The summed E-state index contributed by atoms with van der Waals surface area (Å²) >= 11 is 4.83. The Morgan fingerprint density at radius 1 is 1.13 bits per heavy atom. The lowest BCUT2D eigenvalue weighted by Crippen LogP contribution is -2.16. The molecular weight excluding hydrogens is 233 g/mol. The average Bonchev–Trinajstić information content (AvgIpc) is 2.15. The summed E-state index contributed by atoms with van der Waals surface area (Å²) in [7, 11) is 0. The molecule has 0 bridgehead atoms.